The summed E-state index contributed by atoms with van der Waals surface area (Å²) >= 11 is 6.17. The highest BCUT2D eigenvalue weighted by molar-refractivity contribution is 6.32. The number of hydrogen-bond acceptors (Lipinski definition) is 7. The molecule has 3 unspecified atom stereocenters. The standard InChI is InChI=1S/C26H35ClN2O7/c1-15-8-5-10-17(34-3)11-7-12-18-22(30)19(27)14-20(23(18)31)29-25(32)16(2)9-6-13-21(35-4)24(15)36-26(28)33/h6,8-9,13-14,17,21,24,30-31H,5,7,10-12H2,1-4H3,(H2,28,33)(H,29,32)/b13-6-,15-8+,16-9+. The number of methoxy groups -OCH3 is 2. The third-order valence-corrected chi connectivity index (χ3v) is 6.37. The van der Waals surface area contributed by atoms with Crippen molar-refractivity contribution in [3.05, 3.63) is 52.1 Å². The van der Waals surface area contributed by atoms with Gasteiger partial charge in [0, 0.05) is 25.4 Å². The number of fused-ring (bicyclic) bond motifs is 2. The van der Waals surface area contributed by atoms with Gasteiger partial charge in [0.25, 0.3) is 5.91 Å². The van der Waals surface area contributed by atoms with Crippen LogP contribution in [0.2, 0.25) is 5.02 Å². The molecular weight excluding hydrogens is 488 g/mol. The molecule has 2 amide bonds. The van der Waals surface area contributed by atoms with Gasteiger partial charge < -0.3 is 35.5 Å². The maximum atomic E-state index is 12.7. The summed E-state index contributed by atoms with van der Waals surface area (Å²) in [4.78, 5) is 24.3. The number of primary amides is 1. The average molecular weight is 523 g/mol. The van der Waals surface area contributed by atoms with Crippen LogP contribution in [0.5, 0.6) is 11.5 Å². The number of aromatic hydroxyl groups is 2. The summed E-state index contributed by atoms with van der Waals surface area (Å²) in [7, 11) is 3.10. The Morgan fingerprint density at radius 2 is 1.89 bits per heavy atom. The van der Waals surface area contributed by atoms with Crippen LogP contribution < -0.4 is 11.1 Å². The number of halogens is 1. The molecule has 0 saturated carbocycles. The van der Waals surface area contributed by atoms with Crippen LogP contribution in [0.3, 0.4) is 0 Å². The highest BCUT2D eigenvalue weighted by Gasteiger charge is 2.24. The number of hydrogen-bond donors (Lipinski definition) is 4. The van der Waals surface area contributed by atoms with Crippen LogP contribution in [-0.2, 0) is 25.4 Å². The number of carbonyl (C=O) groups excluding carboxylic acids is 2. The Bertz CT molecular complexity index is 1040. The van der Waals surface area contributed by atoms with Crippen molar-refractivity contribution in [1.82, 2.24) is 0 Å². The molecule has 9 nitrogen and oxygen atoms in total. The second-order valence-electron chi connectivity index (χ2n) is 8.60. The van der Waals surface area contributed by atoms with Gasteiger partial charge in [0.2, 0.25) is 0 Å². The smallest absolute Gasteiger partial charge is 0.405 e. The topological polar surface area (TPSA) is 140 Å². The summed E-state index contributed by atoms with van der Waals surface area (Å²) in [5, 5.41) is 23.8. The normalized spacial score (nSPS) is 26.1. The first-order chi connectivity index (χ1) is 17.1. The van der Waals surface area contributed by atoms with Crippen molar-refractivity contribution >= 4 is 29.3 Å². The number of phenols is 2. The van der Waals surface area contributed by atoms with E-state index in [9.17, 15) is 19.8 Å². The Balaban J connectivity index is 2.46. The number of nitrogens with one attached hydrogen (secondary N) is 1. The fourth-order valence-corrected chi connectivity index (χ4v) is 4.19. The number of carbonyl (C=O) groups is 2. The van der Waals surface area contributed by atoms with Gasteiger partial charge in [-0.25, -0.2) is 4.79 Å². The maximum Gasteiger partial charge on any atom is 0.405 e. The van der Waals surface area contributed by atoms with Gasteiger partial charge in [-0.3, -0.25) is 4.79 Å². The van der Waals surface area contributed by atoms with E-state index in [4.69, 9.17) is 31.5 Å². The SMILES string of the molecule is COC1CC/C=C(\C)C(OC(N)=O)C(OC)/C=C\C=C(/C)C(=O)Nc2cc(Cl)c(O)c(c2O)CCC1. The van der Waals surface area contributed by atoms with E-state index in [-0.39, 0.29) is 33.9 Å². The second-order valence-corrected chi connectivity index (χ2v) is 9.01. The van der Waals surface area contributed by atoms with Gasteiger partial charge in [0.05, 0.1) is 16.8 Å². The number of anilines is 1. The van der Waals surface area contributed by atoms with Crippen molar-refractivity contribution < 1.29 is 34.0 Å². The quantitative estimate of drug-likeness (QED) is 0.255. The van der Waals surface area contributed by atoms with E-state index in [1.165, 1.54) is 13.2 Å². The molecule has 3 atom stereocenters. The molecule has 1 aromatic carbocycles. The Morgan fingerprint density at radius 1 is 1.17 bits per heavy atom. The van der Waals surface area contributed by atoms with Gasteiger partial charge in [-0.05, 0) is 57.6 Å². The first kappa shape index (κ1) is 29.2. The molecule has 0 radical (unpaired) electrons. The van der Waals surface area contributed by atoms with E-state index < -0.39 is 24.2 Å². The predicted molar refractivity (Wildman–Crippen MR) is 138 cm³/mol. The van der Waals surface area contributed by atoms with E-state index in [0.29, 0.717) is 37.7 Å². The summed E-state index contributed by atoms with van der Waals surface area (Å²) in [6.07, 6.45) is 7.28. The fourth-order valence-electron chi connectivity index (χ4n) is 3.97. The molecule has 1 aliphatic rings. The molecule has 1 heterocycles. The molecule has 0 aromatic heterocycles. The lowest BCUT2D eigenvalue weighted by Gasteiger charge is -2.24. The number of ether oxygens (including phenoxy) is 3. The fraction of sp³-hybridized carbons (Fsp3) is 0.462. The molecule has 0 spiro atoms. The number of phenolic OH excluding ortho intramolecular Hbond substituents is 2. The van der Waals surface area contributed by atoms with Crippen LogP contribution in [0.4, 0.5) is 10.5 Å². The number of nitrogens with two attached hydrogens (primary N) is 1. The van der Waals surface area contributed by atoms with Gasteiger partial charge in [0.15, 0.2) is 6.10 Å². The third-order valence-electron chi connectivity index (χ3n) is 6.08. The van der Waals surface area contributed by atoms with Crippen molar-refractivity contribution in [3.63, 3.8) is 0 Å². The van der Waals surface area contributed by atoms with Crippen LogP contribution in [0.25, 0.3) is 0 Å². The Labute approximate surface area is 216 Å². The molecular formula is C26H35ClN2O7. The summed E-state index contributed by atoms with van der Waals surface area (Å²) in [6.45, 7) is 3.42. The van der Waals surface area contributed by atoms with E-state index in [1.54, 1.807) is 32.3 Å². The average Bonchev–Trinajstić information content (AvgIpc) is 2.83. The molecule has 36 heavy (non-hydrogen) atoms. The number of amides is 2. The van der Waals surface area contributed by atoms with Crippen LogP contribution in [-0.4, -0.2) is 54.7 Å². The van der Waals surface area contributed by atoms with Crippen LogP contribution >= 0.6 is 11.6 Å². The zero-order valence-corrected chi connectivity index (χ0v) is 21.8. The molecule has 0 aliphatic carbocycles. The second kappa shape index (κ2) is 13.9. The lowest BCUT2D eigenvalue weighted by molar-refractivity contribution is -0.112. The highest BCUT2D eigenvalue weighted by atomic mass is 35.5. The minimum atomic E-state index is -0.925. The molecule has 10 heteroatoms. The number of rotatable bonds is 3. The number of benzene rings is 1. The minimum Gasteiger partial charge on any atom is -0.506 e. The molecule has 1 aromatic rings. The third kappa shape index (κ3) is 8.01. The van der Waals surface area contributed by atoms with Gasteiger partial charge >= 0.3 is 6.09 Å². The first-order valence-electron chi connectivity index (χ1n) is 11.7. The van der Waals surface area contributed by atoms with E-state index >= 15 is 0 Å². The molecule has 1 aliphatic heterocycles. The van der Waals surface area contributed by atoms with Crippen LogP contribution in [0.1, 0.15) is 45.1 Å². The van der Waals surface area contributed by atoms with Crippen molar-refractivity contribution in [2.75, 3.05) is 19.5 Å². The largest absolute Gasteiger partial charge is 0.506 e. The van der Waals surface area contributed by atoms with Crippen molar-refractivity contribution in [2.45, 2.75) is 64.3 Å². The van der Waals surface area contributed by atoms with Crippen LogP contribution in [0, 0.1) is 0 Å². The van der Waals surface area contributed by atoms with E-state index in [2.05, 4.69) is 5.32 Å². The predicted octanol–water partition coefficient (Wildman–Crippen LogP) is 4.75. The maximum absolute atomic E-state index is 12.7. The van der Waals surface area contributed by atoms with E-state index in [0.717, 1.165) is 5.57 Å². The summed E-state index contributed by atoms with van der Waals surface area (Å²) in [5.74, 6) is -0.924. The molecule has 0 saturated heterocycles. The van der Waals surface area contributed by atoms with Gasteiger partial charge in [-0.2, -0.15) is 0 Å². The Morgan fingerprint density at radius 3 is 2.53 bits per heavy atom. The minimum absolute atomic E-state index is 0.0258. The van der Waals surface area contributed by atoms with Crippen molar-refractivity contribution in [1.29, 1.82) is 0 Å². The van der Waals surface area contributed by atoms with Crippen molar-refractivity contribution in [2.24, 2.45) is 5.73 Å². The summed E-state index contributed by atoms with van der Waals surface area (Å²) < 4.78 is 16.4. The van der Waals surface area contributed by atoms with Crippen LogP contribution in [0.15, 0.2) is 41.5 Å². The number of allylic oxidation sites excluding steroid dienone is 3. The molecule has 0 fully saturated rings. The summed E-state index contributed by atoms with van der Waals surface area (Å²) in [6, 6.07) is 1.30. The lowest BCUT2D eigenvalue weighted by Crippen LogP contribution is -2.34. The zero-order valence-electron chi connectivity index (χ0n) is 21.0. The molecule has 2 rings (SSSR count). The van der Waals surface area contributed by atoms with E-state index in [1.807, 2.05) is 13.0 Å². The van der Waals surface area contributed by atoms with Crippen molar-refractivity contribution in [3.8, 4) is 11.5 Å². The lowest BCUT2D eigenvalue weighted by atomic mass is 9.99. The van der Waals surface area contributed by atoms with Gasteiger partial charge in [0.1, 0.15) is 17.6 Å². The Hall–Kier alpha value is -3.01. The zero-order chi connectivity index (χ0) is 26.8. The first-order valence-corrected chi connectivity index (χ1v) is 12.0. The van der Waals surface area contributed by atoms with Gasteiger partial charge in [-0.15, -0.1) is 0 Å². The Kier molecular flexibility index (Phi) is 11.3. The highest BCUT2D eigenvalue weighted by Crippen LogP contribution is 2.41. The molecule has 198 valence electrons. The van der Waals surface area contributed by atoms with Gasteiger partial charge in [-0.1, -0.05) is 35.9 Å². The monoisotopic (exact) mass is 522 g/mol. The summed E-state index contributed by atoms with van der Waals surface area (Å²) in [5.41, 5.74) is 6.74. The molecule has 5 N–H and O–H groups in total. The molecule has 2 bridgehead atoms.